The van der Waals surface area contributed by atoms with Crippen LogP contribution >= 0.6 is 0 Å². The van der Waals surface area contributed by atoms with Crippen molar-refractivity contribution in [3.8, 4) is 11.1 Å². The van der Waals surface area contributed by atoms with E-state index < -0.39 is 11.7 Å². The molecule has 0 unspecified atom stereocenters. The standard InChI is InChI=1S/C16H13F3O/c1-11(20)10-13-4-2-3-5-15(13)12-6-8-14(9-7-12)16(17,18)19/h2-9H,10H2,1H3. The van der Waals surface area contributed by atoms with E-state index in [4.69, 9.17) is 0 Å². The Labute approximate surface area is 115 Å². The summed E-state index contributed by atoms with van der Waals surface area (Å²) in [6.07, 6.45) is -4.06. The Balaban J connectivity index is 2.39. The highest BCUT2D eigenvalue weighted by Gasteiger charge is 2.30. The first-order valence-corrected chi connectivity index (χ1v) is 6.13. The van der Waals surface area contributed by atoms with Crippen molar-refractivity contribution in [3.05, 3.63) is 59.7 Å². The van der Waals surface area contributed by atoms with Gasteiger partial charge in [-0.05, 0) is 35.7 Å². The molecule has 2 aromatic rings. The number of carbonyl (C=O) groups excluding carboxylic acids is 1. The third-order valence-corrected chi connectivity index (χ3v) is 2.98. The van der Waals surface area contributed by atoms with E-state index in [1.54, 1.807) is 12.1 Å². The van der Waals surface area contributed by atoms with E-state index in [9.17, 15) is 18.0 Å². The minimum Gasteiger partial charge on any atom is -0.300 e. The maximum Gasteiger partial charge on any atom is 0.416 e. The highest BCUT2D eigenvalue weighted by Crippen LogP contribution is 2.31. The zero-order valence-corrected chi connectivity index (χ0v) is 10.9. The smallest absolute Gasteiger partial charge is 0.300 e. The Morgan fingerprint density at radius 3 is 2.15 bits per heavy atom. The van der Waals surface area contributed by atoms with Crippen LogP contribution in [0.2, 0.25) is 0 Å². The Kier molecular flexibility index (Phi) is 3.93. The fourth-order valence-corrected chi connectivity index (χ4v) is 2.06. The average molecular weight is 278 g/mol. The summed E-state index contributed by atoms with van der Waals surface area (Å²) in [6.45, 7) is 1.49. The molecule has 0 radical (unpaired) electrons. The summed E-state index contributed by atoms with van der Waals surface area (Å²) in [5, 5.41) is 0. The summed E-state index contributed by atoms with van der Waals surface area (Å²) in [6, 6.07) is 12.2. The Morgan fingerprint density at radius 1 is 1.00 bits per heavy atom. The zero-order chi connectivity index (χ0) is 14.8. The van der Waals surface area contributed by atoms with Gasteiger partial charge in [0.1, 0.15) is 5.78 Å². The number of hydrogen-bond donors (Lipinski definition) is 0. The summed E-state index contributed by atoms with van der Waals surface area (Å²) >= 11 is 0. The molecule has 0 aliphatic heterocycles. The molecule has 0 amide bonds. The molecule has 2 aromatic carbocycles. The number of alkyl halides is 3. The largest absolute Gasteiger partial charge is 0.416 e. The highest BCUT2D eigenvalue weighted by atomic mass is 19.4. The van der Waals surface area contributed by atoms with E-state index in [1.807, 2.05) is 12.1 Å². The van der Waals surface area contributed by atoms with Crippen LogP contribution in [-0.2, 0) is 17.4 Å². The molecule has 1 nitrogen and oxygen atoms in total. The molecular weight excluding hydrogens is 265 g/mol. The first-order valence-electron chi connectivity index (χ1n) is 6.13. The van der Waals surface area contributed by atoms with E-state index >= 15 is 0 Å². The van der Waals surface area contributed by atoms with Gasteiger partial charge in [-0.15, -0.1) is 0 Å². The fourth-order valence-electron chi connectivity index (χ4n) is 2.06. The van der Waals surface area contributed by atoms with Gasteiger partial charge in [0.05, 0.1) is 5.56 Å². The first kappa shape index (κ1) is 14.3. The second-order valence-electron chi connectivity index (χ2n) is 4.61. The Hall–Kier alpha value is -2.10. The van der Waals surface area contributed by atoms with Crippen LogP contribution in [-0.4, -0.2) is 5.78 Å². The van der Waals surface area contributed by atoms with Gasteiger partial charge in [-0.1, -0.05) is 36.4 Å². The van der Waals surface area contributed by atoms with Gasteiger partial charge in [0.2, 0.25) is 0 Å². The summed E-state index contributed by atoms with van der Waals surface area (Å²) in [5.74, 6) is 0.0179. The molecule has 0 atom stereocenters. The lowest BCUT2D eigenvalue weighted by molar-refractivity contribution is -0.137. The van der Waals surface area contributed by atoms with E-state index in [0.717, 1.165) is 23.3 Å². The predicted molar refractivity (Wildman–Crippen MR) is 71.3 cm³/mol. The van der Waals surface area contributed by atoms with Crippen molar-refractivity contribution in [2.24, 2.45) is 0 Å². The van der Waals surface area contributed by atoms with Crippen LogP contribution in [0.4, 0.5) is 13.2 Å². The first-order chi connectivity index (χ1) is 9.38. The number of ketones is 1. The van der Waals surface area contributed by atoms with Crippen molar-refractivity contribution >= 4 is 5.78 Å². The zero-order valence-electron chi connectivity index (χ0n) is 10.9. The minimum absolute atomic E-state index is 0.0179. The second kappa shape index (κ2) is 5.49. The Bertz CT molecular complexity index is 612. The van der Waals surface area contributed by atoms with Crippen molar-refractivity contribution in [3.63, 3.8) is 0 Å². The lowest BCUT2D eigenvalue weighted by atomic mass is 9.96. The number of carbonyl (C=O) groups is 1. The number of rotatable bonds is 3. The molecule has 4 heteroatoms. The van der Waals surface area contributed by atoms with Crippen LogP contribution in [0.5, 0.6) is 0 Å². The SMILES string of the molecule is CC(=O)Cc1ccccc1-c1ccc(C(F)(F)F)cc1. The fraction of sp³-hybridized carbons (Fsp3) is 0.188. The van der Waals surface area contributed by atoms with Gasteiger partial charge in [0, 0.05) is 6.42 Å². The molecule has 20 heavy (non-hydrogen) atoms. The average Bonchev–Trinajstić information content (AvgIpc) is 2.38. The second-order valence-corrected chi connectivity index (χ2v) is 4.61. The third-order valence-electron chi connectivity index (χ3n) is 2.98. The summed E-state index contributed by atoms with van der Waals surface area (Å²) in [7, 11) is 0. The number of Topliss-reactive ketones (excluding diaryl/α,β-unsaturated/α-hetero) is 1. The molecule has 0 bridgehead atoms. The predicted octanol–water partition coefficient (Wildman–Crippen LogP) is 4.50. The molecule has 0 aliphatic carbocycles. The summed E-state index contributed by atoms with van der Waals surface area (Å²) in [4.78, 5) is 11.2. The van der Waals surface area contributed by atoms with Gasteiger partial charge in [0.15, 0.2) is 0 Å². The molecule has 0 aliphatic rings. The van der Waals surface area contributed by atoms with Gasteiger partial charge >= 0.3 is 6.18 Å². The van der Waals surface area contributed by atoms with Gasteiger partial charge < -0.3 is 0 Å². The quantitative estimate of drug-likeness (QED) is 0.807. The molecule has 0 heterocycles. The van der Waals surface area contributed by atoms with Crippen molar-refractivity contribution in [1.82, 2.24) is 0 Å². The third kappa shape index (κ3) is 3.26. The van der Waals surface area contributed by atoms with E-state index in [2.05, 4.69) is 0 Å². The number of hydrogen-bond acceptors (Lipinski definition) is 1. The van der Waals surface area contributed by atoms with Crippen molar-refractivity contribution in [2.75, 3.05) is 0 Å². The molecule has 0 spiro atoms. The van der Waals surface area contributed by atoms with Crippen LogP contribution in [0.3, 0.4) is 0 Å². The molecule has 0 N–H and O–H groups in total. The van der Waals surface area contributed by atoms with Crippen LogP contribution < -0.4 is 0 Å². The van der Waals surface area contributed by atoms with Crippen molar-refractivity contribution in [1.29, 1.82) is 0 Å². The maximum atomic E-state index is 12.5. The van der Waals surface area contributed by atoms with Gasteiger partial charge in [-0.3, -0.25) is 4.79 Å². The molecule has 2 rings (SSSR count). The molecule has 0 saturated carbocycles. The van der Waals surface area contributed by atoms with E-state index in [-0.39, 0.29) is 12.2 Å². The van der Waals surface area contributed by atoms with Crippen LogP contribution in [0, 0.1) is 0 Å². The molecule has 104 valence electrons. The van der Waals surface area contributed by atoms with Crippen LogP contribution in [0.25, 0.3) is 11.1 Å². The topological polar surface area (TPSA) is 17.1 Å². The summed E-state index contributed by atoms with van der Waals surface area (Å²) < 4.78 is 37.6. The van der Waals surface area contributed by atoms with Gasteiger partial charge in [-0.2, -0.15) is 13.2 Å². The monoisotopic (exact) mass is 278 g/mol. The summed E-state index contributed by atoms with van der Waals surface area (Å²) in [5.41, 5.74) is 1.61. The van der Waals surface area contributed by atoms with E-state index in [1.165, 1.54) is 19.1 Å². The van der Waals surface area contributed by atoms with Crippen molar-refractivity contribution < 1.29 is 18.0 Å². The van der Waals surface area contributed by atoms with Gasteiger partial charge in [-0.25, -0.2) is 0 Å². The van der Waals surface area contributed by atoms with Crippen molar-refractivity contribution in [2.45, 2.75) is 19.5 Å². The van der Waals surface area contributed by atoms with E-state index in [0.29, 0.717) is 5.56 Å². The number of halogens is 3. The molecule has 0 fully saturated rings. The van der Waals surface area contributed by atoms with Gasteiger partial charge in [0.25, 0.3) is 0 Å². The highest BCUT2D eigenvalue weighted by molar-refractivity contribution is 5.81. The lowest BCUT2D eigenvalue weighted by Gasteiger charge is -2.10. The molecular formula is C16H13F3O. The Morgan fingerprint density at radius 2 is 1.60 bits per heavy atom. The van der Waals surface area contributed by atoms with Crippen LogP contribution in [0.15, 0.2) is 48.5 Å². The lowest BCUT2D eigenvalue weighted by Crippen LogP contribution is -2.04. The molecule has 0 saturated heterocycles. The number of benzene rings is 2. The molecule has 0 aromatic heterocycles. The maximum absolute atomic E-state index is 12.5. The normalized spacial score (nSPS) is 11.4. The minimum atomic E-state index is -4.34. The van der Waals surface area contributed by atoms with Crippen LogP contribution in [0.1, 0.15) is 18.1 Å².